The molecular formula is C21H26FN5O2. The van der Waals surface area contributed by atoms with Crippen molar-refractivity contribution < 1.29 is 13.6 Å². The first kappa shape index (κ1) is 19.7. The van der Waals surface area contributed by atoms with Gasteiger partial charge >= 0.3 is 0 Å². The summed E-state index contributed by atoms with van der Waals surface area (Å²) in [5.74, 6) is 2.11. The summed E-state index contributed by atoms with van der Waals surface area (Å²) in [7, 11) is 0. The molecule has 0 spiro atoms. The number of aryl methyl sites for hydroxylation is 1. The van der Waals surface area contributed by atoms with Crippen LogP contribution in [0.1, 0.15) is 55.5 Å². The van der Waals surface area contributed by atoms with Gasteiger partial charge in [0, 0.05) is 19.4 Å². The Morgan fingerprint density at radius 3 is 2.48 bits per heavy atom. The molecule has 1 unspecified atom stereocenters. The van der Waals surface area contributed by atoms with E-state index in [9.17, 15) is 9.18 Å². The lowest BCUT2D eigenvalue weighted by molar-refractivity contribution is -0.127. The van der Waals surface area contributed by atoms with E-state index in [1.165, 1.54) is 12.1 Å². The van der Waals surface area contributed by atoms with Gasteiger partial charge in [-0.2, -0.15) is 0 Å². The second-order valence-corrected chi connectivity index (χ2v) is 7.75. The zero-order valence-electron chi connectivity index (χ0n) is 16.8. The molecule has 29 heavy (non-hydrogen) atoms. The highest BCUT2D eigenvalue weighted by Gasteiger charge is 2.33. The van der Waals surface area contributed by atoms with Crippen molar-refractivity contribution in [2.75, 3.05) is 26.2 Å². The Morgan fingerprint density at radius 2 is 1.83 bits per heavy atom. The first-order valence-electron chi connectivity index (χ1n) is 10.1. The van der Waals surface area contributed by atoms with Crippen molar-refractivity contribution in [2.24, 2.45) is 4.99 Å². The predicted molar refractivity (Wildman–Crippen MR) is 106 cm³/mol. The Hall–Kier alpha value is -2.61. The summed E-state index contributed by atoms with van der Waals surface area (Å²) < 4.78 is 18.7. The summed E-state index contributed by atoms with van der Waals surface area (Å²) in [5, 5.41) is 8.07. The molecule has 0 radical (unpaired) electrons. The summed E-state index contributed by atoms with van der Waals surface area (Å²) >= 11 is 0. The average molecular weight is 399 g/mol. The Bertz CT molecular complexity index is 887. The normalized spacial score (nSPS) is 21.1. The summed E-state index contributed by atoms with van der Waals surface area (Å²) in [6.07, 6.45) is 2.91. The standard InChI is InChI=1S/C21H26FN5O2/c1-14-23-19(16-4-6-18(22)7-5-16)21(28)27(14)11-3-10-26-12-8-17(9-13-26)20-25-24-15(2)29-20/h4-7,17,19H,3,8-13H2,1-2H3. The van der Waals surface area contributed by atoms with Crippen LogP contribution in [0.4, 0.5) is 4.39 Å². The first-order valence-corrected chi connectivity index (χ1v) is 10.1. The average Bonchev–Trinajstić information content (AvgIpc) is 3.27. The highest BCUT2D eigenvalue weighted by atomic mass is 19.1. The van der Waals surface area contributed by atoms with Crippen molar-refractivity contribution in [2.45, 2.75) is 45.1 Å². The van der Waals surface area contributed by atoms with Gasteiger partial charge in [-0.15, -0.1) is 10.2 Å². The Labute approximate surface area is 169 Å². The van der Waals surface area contributed by atoms with Crippen molar-refractivity contribution >= 4 is 11.7 Å². The van der Waals surface area contributed by atoms with Crippen LogP contribution >= 0.6 is 0 Å². The van der Waals surface area contributed by atoms with Crippen molar-refractivity contribution in [1.82, 2.24) is 20.0 Å². The Morgan fingerprint density at radius 1 is 1.10 bits per heavy atom. The number of piperidine rings is 1. The molecule has 2 aliphatic rings. The fourth-order valence-corrected chi connectivity index (χ4v) is 4.09. The van der Waals surface area contributed by atoms with Gasteiger partial charge in [-0.05, 0) is 63.5 Å². The number of aliphatic imine (C=N–C) groups is 1. The molecule has 7 nitrogen and oxygen atoms in total. The van der Waals surface area contributed by atoms with Gasteiger partial charge in [0.05, 0.1) is 0 Å². The number of amides is 1. The molecule has 154 valence electrons. The minimum Gasteiger partial charge on any atom is -0.425 e. The predicted octanol–water partition coefficient (Wildman–Crippen LogP) is 3.09. The van der Waals surface area contributed by atoms with Crippen LogP contribution in [-0.2, 0) is 4.79 Å². The Kier molecular flexibility index (Phi) is 5.71. The van der Waals surface area contributed by atoms with Gasteiger partial charge < -0.3 is 9.32 Å². The van der Waals surface area contributed by atoms with E-state index in [0.29, 0.717) is 18.4 Å². The quantitative estimate of drug-likeness (QED) is 0.746. The molecule has 1 aromatic carbocycles. The smallest absolute Gasteiger partial charge is 0.257 e. The number of halogens is 1. The fraction of sp³-hybridized carbons (Fsp3) is 0.524. The monoisotopic (exact) mass is 399 g/mol. The Balaban J connectivity index is 1.24. The van der Waals surface area contributed by atoms with E-state index in [2.05, 4.69) is 20.1 Å². The first-order chi connectivity index (χ1) is 14.0. The molecule has 0 bridgehead atoms. The number of aromatic nitrogens is 2. The summed E-state index contributed by atoms with van der Waals surface area (Å²) in [5.41, 5.74) is 0.733. The number of hydrogen-bond donors (Lipinski definition) is 0. The van der Waals surface area contributed by atoms with Gasteiger partial charge in [0.25, 0.3) is 5.91 Å². The summed E-state index contributed by atoms with van der Waals surface area (Å²) in [6, 6.07) is 5.45. The molecule has 1 aromatic heterocycles. The number of benzene rings is 1. The van der Waals surface area contributed by atoms with Crippen LogP contribution in [0.5, 0.6) is 0 Å². The lowest BCUT2D eigenvalue weighted by atomic mass is 9.97. The van der Waals surface area contributed by atoms with E-state index in [4.69, 9.17) is 4.42 Å². The van der Waals surface area contributed by atoms with Gasteiger partial charge in [-0.1, -0.05) is 12.1 Å². The largest absolute Gasteiger partial charge is 0.425 e. The zero-order valence-corrected chi connectivity index (χ0v) is 16.8. The van der Waals surface area contributed by atoms with Gasteiger partial charge in [0.1, 0.15) is 11.7 Å². The topological polar surface area (TPSA) is 74.8 Å². The maximum absolute atomic E-state index is 13.1. The summed E-state index contributed by atoms with van der Waals surface area (Å²) in [6.45, 7) is 7.25. The van der Waals surface area contributed by atoms with E-state index in [1.54, 1.807) is 17.0 Å². The molecule has 3 heterocycles. The van der Waals surface area contributed by atoms with Crippen molar-refractivity contribution in [3.63, 3.8) is 0 Å². The second kappa shape index (κ2) is 8.41. The molecule has 0 N–H and O–H groups in total. The molecule has 0 aliphatic carbocycles. The minimum atomic E-state index is -0.552. The third-order valence-corrected chi connectivity index (χ3v) is 5.73. The number of hydrogen-bond acceptors (Lipinski definition) is 6. The highest BCUT2D eigenvalue weighted by Crippen LogP contribution is 2.28. The van der Waals surface area contributed by atoms with Crippen molar-refractivity contribution in [3.05, 3.63) is 47.4 Å². The fourth-order valence-electron chi connectivity index (χ4n) is 4.09. The van der Waals surface area contributed by atoms with Crippen LogP contribution < -0.4 is 0 Å². The van der Waals surface area contributed by atoms with Crippen LogP contribution in [0.3, 0.4) is 0 Å². The van der Waals surface area contributed by atoms with Crippen LogP contribution in [0.15, 0.2) is 33.7 Å². The van der Waals surface area contributed by atoms with E-state index in [1.807, 2.05) is 13.8 Å². The van der Waals surface area contributed by atoms with Crippen LogP contribution in [0.2, 0.25) is 0 Å². The van der Waals surface area contributed by atoms with Gasteiger partial charge in [-0.25, -0.2) is 4.39 Å². The van der Waals surface area contributed by atoms with Gasteiger partial charge in [0.15, 0.2) is 6.04 Å². The van der Waals surface area contributed by atoms with Gasteiger partial charge in [0.2, 0.25) is 11.8 Å². The van der Waals surface area contributed by atoms with E-state index in [0.717, 1.165) is 56.2 Å². The number of carbonyl (C=O) groups excluding carboxylic acids is 1. The SMILES string of the molecule is CC1=NC(c2ccc(F)cc2)C(=O)N1CCCN1CCC(c2nnc(C)o2)CC1. The number of likely N-dealkylation sites (tertiary alicyclic amines) is 1. The molecule has 0 saturated carbocycles. The summed E-state index contributed by atoms with van der Waals surface area (Å²) in [4.78, 5) is 21.4. The molecule has 1 atom stereocenters. The van der Waals surface area contributed by atoms with E-state index in [-0.39, 0.29) is 11.7 Å². The maximum Gasteiger partial charge on any atom is 0.257 e. The van der Waals surface area contributed by atoms with Crippen LogP contribution in [0.25, 0.3) is 0 Å². The van der Waals surface area contributed by atoms with Crippen LogP contribution in [-0.4, -0.2) is 57.9 Å². The number of rotatable bonds is 6. The number of nitrogens with zero attached hydrogens (tertiary/aromatic N) is 5. The number of amidine groups is 1. The zero-order chi connectivity index (χ0) is 20.4. The molecule has 2 aliphatic heterocycles. The van der Waals surface area contributed by atoms with Crippen molar-refractivity contribution in [1.29, 1.82) is 0 Å². The third kappa shape index (κ3) is 4.37. The third-order valence-electron chi connectivity index (χ3n) is 5.73. The highest BCUT2D eigenvalue weighted by molar-refractivity contribution is 6.05. The van der Waals surface area contributed by atoms with Crippen LogP contribution in [0, 0.1) is 12.7 Å². The molecule has 8 heteroatoms. The minimum absolute atomic E-state index is 0.0282. The van der Waals surface area contributed by atoms with Gasteiger partial charge in [-0.3, -0.25) is 14.7 Å². The van der Waals surface area contributed by atoms with E-state index < -0.39 is 6.04 Å². The molecule has 2 aromatic rings. The second-order valence-electron chi connectivity index (χ2n) is 7.75. The van der Waals surface area contributed by atoms with E-state index >= 15 is 0 Å². The molecule has 1 saturated heterocycles. The van der Waals surface area contributed by atoms with Crippen molar-refractivity contribution in [3.8, 4) is 0 Å². The molecule has 1 amide bonds. The molecule has 4 rings (SSSR count). The maximum atomic E-state index is 13.1. The lowest BCUT2D eigenvalue weighted by Crippen LogP contribution is -2.37. The molecular weight excluding hydrogens is 373 g/mol. The molecule has 1 fully saturated rings. The number of carbonyl (C=O) groups is 1. The lowest BCUT2D eigenvalue weighted by Gasteiger charge is -2.30.